The van der Waals surface area contributed by atoms with Gasteiger partial charge >= 0.3 is 0 Å². The van der Waals surface area contributed by atoms with Gasteiger partial charge in [0.25, 0.3) is 0 Å². The van der Waals surface area contributed by atoms with Crippen molar-refractivity contribution < 1.29 is 4.79 Å². The number of carbonyl (C=O) groups is 1. The van der Waals surface area contributed by atoms with Gasteiger partial charge in [-0.05, 0) is 17.5 Å². The summed E-state index contributed by atoms with van der Waals surface area (Å²) in [6.45, 7) is 3.53. The molecule has 1 aromatic heterocycles. The van der Waals surface area contributed by atoms with Crippen LogP contribution in [0, 0.1) is 0 Å². The van der Waals surface area contributed by atoms with Gasteiger partial charge in [0.1, 0.15) is 5.82 Å². The van der Waals surface area contributed by atoms with Crippen LogP contribution in [0.4, 0.5) is 5.82 Å². The minimum absolute atomic E-state index is 0.00333. The van der Waals surface area contributed by atoms with Gasteiger partial charge < -0.3 is 10.6 Å². The number of H-pyrrole nitrogens is 1. The minimum Gasteiger partial charge on any atom is -0.312 e. The molecule has 1 aliphatic heterocycles. The van der Waals surface area contributed by atoms with E-state index in [1.54, 1.807) is 6.20 Å². The van der Waals surface area contributed by atoms with Crippen molar-refractivity contribution in [2.75, 3.05) is 11.9 Å². The number of aromatic nitrogens is 2. The van der Waals surface area contributed by atoms with Crippen LogP contribution >= 0.6 is 0 Å². The highest BCUT2D eigenvalue weighted by molar-refractivity contribution is 5.96. The van der Waals surface area contributed by atoms with Gasteiger partial charge in [-0.2, -0.15) is 5.10 Å². The first-order valence-corrected chi connectivity index (χ1v) is 6.91. The largest absolute Gasteiger partial charge is 0.312 e. The Kier molecular flexibility index (Phi) is 3.52. The third kappa shape index (κ3) is 2.32. The van der Waals surface area contributed by atoms with Crippen LogP contribution < -0.4 is 10.6 Å². The highest BCUT2D eigenvalue weighted by Crippen LogP contribution is 2.25. The molecule has 1 aliphatic rings. The Labute approximate surface area is 117 Å². The van der Waals surface area contributed by atoms with Gasteiger partial charge in [0.15, 0.2) is 0 Å². The van der Waals surface area contributed by atoms with Gasteiger partial charge in [-0.3, -0.25) is 9.89 Å². The monoisotopic (exact) mass is 270 g/mol. The number of hydrogen-bond donors (Lipinski definition) is 3. The van der Waals surface area contributed by atoms with Crippen LogP contribution in [0.2, 0.25) is 0 Å². The van der Waals surface area contributed by atoms with E-state index in [-0.39, 0.29) is 11.8 Å². The lowest BCUT2D eigenvalue weighted by Crippen LogP contribution is -2.35. The molecule has 2 heterocycles. The average Bonchev–Trinajstić information content (AvgIpc) is 2.93. The van der Waals surface area contributed by atoms with E-state index < -0.39 is 0 Å². The van der Waals surface area contributed by atoms with E-state index in [1.807, 2.05) is 25.1 Å². The Bertz CT molecular complexity index is 620. The highest BCUT2D eigenvalue weighted by Gasteiger charge is 2.26. The second-order valence-corrected chi connectivity index (χ2v) is 5.00. The van der Waals surface area contributed by atoms with E-state index in [0.29, 0.717) is 12.4 Å². The van der Waals surface area contributed by atoms with Gasteiger partial charge in [0.05, 0.1) is 12.1 Å². The van der Waals surface area contributed by atoms with Crippen molar-refractivity contribution in [3.63, 3.8) is 0 Å². The van der Waals surface area contributed by atoms with Crippen molar-refractivity contribution in [1.29, 1.82) is 0 Å². The molecule has 5 nitrogen and oxygen atoms in total. The predicted octanol–water partition coefficient (Wildman–Crippen LogP) is 1.80. The zero-order valence-corrected chi connectivity index (χ0v) is 11.4. The fraction of sp³-hybridized carbons (Fsp3) is 0.333. The van der Waals surface area contributed by atoms with Crippen LogP contribution in [-0.2, 0) is 17.8 Å². The fourth-order valence-corrected chi connectivity index (χ4v) is 2.63. The predicted molar refractivity (Wildman–Crippen MR) is 77.5 cm³/mol. The van der Waals surface area contributed by atoms with E-state index in [0.717, 1.165) is 24.1 Å². The number of nitrogens with zero attached hydrogens (tertiary/aromatic N) is 1. The van der Waals surface area contributed by atoms with Crippen molar-refractivity contribution in [2.24, 2.45) is 0 Å². The number of fused-ring (bicyclic) bond motifs is 1. The molecule has 0 saturated carbocycles. The standard InChI is InChI=1S/C15H18N4O/c1-2-10-8-17-19-14(10)18-15(20)13-9-16-7-11-5-3-4-6-12(11)13/h3-6,8,13,16H,2,7,9H2,1H3,(H2,17,18,19,20). The summed E-state index contributed by atoms with van der Waals surface area (Å²) in [5.41, 5.74) is 3.33. The molecule has 0 aliphatic carbocycles. The average molecular weight is 270 g/mol. The molecule has 0 fully saturated rings. The Morgan fingerprint density at radius 2 is 2.30 bits per heavy atom. The maximum Gasteiger partial charge on any atom is 0.234 e. The van der Waals surface area contributed by atoms with Crippen LogP contribution in [0.3, 0.4) is 0 Å². The van der Waals surface area contributed by atoms with Crippen molar-refractivity contribution in [3.8, 4) is 0 Å². The van der Waals surface area contributed by atoms with Crippen molar-refractivity contribution >= 4 is 11.7 Å². The molecule has 1 amide bonds. The second kappa shape index (κ2) is 5.46. The number of hydrogen-bond acceptors (Lipinski definition) is 3. The molecular formula is C15H18N4O. The van der Waals surface area contributed by atoms with E-state index in [9.17, 15) is 4.79 Å². The molecule has 2 aromatic rings. The van der Waals surface area contributed by atoms with Gasteiger partial charge in [-0.15, -0.1) is 0 Å². The van der Waals surface area contributed by atoms with Gasteiger partial charge in [-0.25, -0.2) is 0 Å². The number of anilines is 1. The van der Waals surface area contributed by atoms with E-state index in [4.69, 9.17) is 0 Å². The van der Waals surface area contributed by atoms with E-state index >= 15 is 0 Å². The number of nitrogens with one attached hydrogen (secondary N) is 3. The van der Waals surface area contributed by atoms with Crippen LogP contribution in [0.25, 0.3) is 0 Å². The number of aryl methyl sites for hydroxylation is 1. The van der Waals surface area contributed by atoms with Crippen LogP contribution in [-0.4, -0.2) is 22.6 Å². The van der Waals surface area contributed by atoms with Crippen LogP contribution in [0.15, 0.2) is 30.5 Å². The van der Waals surface area contributed by atoms with E-state index in [1.165, 1.54) is 5.56 Å². The quantitative estimate of drug-likeness (QED) is 0.796. The third-order valence-electron chi connectivity index (χ3n) is 3.76. The molecule has 1 aromatic carbocycles. The molecule has 20 heavy (non-hydrogen) atoms. The molecule has 3 rings (SSSR count). The Morgan fingerprint density at radius 1 is 1.45 bits per heavy atom. The van der Waals surface area contributed by atoms with Crippen molar-refractivity contribution in [3.05, 3.63) is 47.2 Å². The molecule has 0 bridgehead atoms. The van der Waals surface area contributed by atoms with Crippen LogP contribution in [0.5, 0.6) is 0 Å². The molecule has 1 unspecified atom stereocenters. The topological polar surface area (TPSA) is 69.8 Å². The lowest BCUT2D eigenvalue weighted by molar-refractivity contribution is -0.117. The number of rotatable bonds is 3. The molecule has 3 N–H and O–H groups in total. The smallest absolute Gasteiger partial charge is 0.234 e. The first-order valence-electron chi connectivity index (χ1n) is 6.91. The number of benzene rings is 1. The molecule has 1 atom stereocenters. The molecule has 104 valence electrons. The zero-order valence-electron chi connectivity index (χ0n) is 11.4. The number of amides is 1. The Morgan fingerprint density at radius 3 is 3.15 bits per heavy atom. The molecule has 0 radical (unpaired) electrons. The lowest BCUT2D eigenvalue weighted by atomic mass is 9.90. The molecule has 0 saturated heterocycles. The summed E-state index contributed by atoms with van der Waals surface area (Å²) in [4.78, 5) is 12.5. The maximum atomic E-state index is 12.5. The summed E-state index contributed by atoms with van der Waals surface area (Å²) >= 11 is 0. The third-order valence-corrected chi connectivity index (χ3v) is 3.76. The summed E-state index contributed by atoms with van der Waals surface area (Å²) < 4.78 is 0. The number of carbonyl (C=O) groups excluding carboxylic acids is 1. The fourth-order valence-electron chi connectivity index (χ4n) is 2.63. The Balaban J connectivity index is 1.82. The van der Waals surface area contributed by atoms with E-state index in [2.05, 4.69) is 26.9 Å². The minimum atomic E-state index is -0.159. The summed E-state index contributed by atoms with van der Waals surface area (Å²) in [6.07, 6.45) is 2.59. The first kappa shape index (κ1) is 12.9. The van der Waals surface area contributed by atoms with Gasteiger partial charge in [0, 0.05) is 18.7 Å². The van der Waals surface area contributed by atoms with Gasteiger partial charge in [-0.1, -0.05) is 31.2 Å². The highest BCUT2D eigenvalue weighted by atomic mass is 16.2. The first-order chi connectivity index (χ1) is 9.79. The summed E-state index contributed by atoms with van der Waals surface area (Å²) in [6, 6.07) is 8.09. The van der Waals surface area contributed by atoms with Crippen molar-refractivity contribution in [1.82, 2.24) is 15.5 Å². The van der Waals surface area contributed by atoms with Gasteiger partial charge in [0.2, 0.25) is 5.91 Å². The molecule has 5 heteroatoms. The summed E-state index contributed by atoms with van der Waals surface area (Å²) in [5, 5.41) is 13.1. The Hall–Kier alpha value is -2.14. The zero-order chi connectivity index (χ0) is 13.9. The second-order valence-electron chi connectivity index (χ2n) is 5.00. The summed E-state index contributed by atoms with van der Waals surface area (Å²) in [5.74, 6) is 0.553. The molecule has 0 spiro atoms. The van der Waals surface area contributed by atoms with Crippen molar-refractivity contribution in [2.45, 2.75) is 25.8 Å². The number of aromatic amines is 1. The lowest BCUT2D eigenvalue weighted by Gasteiger charge is -2.25. The molecular weight excluding hydrogens is 252 g/mol. The SMILES string of the molecule is CCc1cn[nH]c1NC(=O)C1CNCc2ccccc21. The maximum absolute atomic E-state index is 12.5. The summed E-state index contributed by atoms with van der Waals surface area (Å²) in [7, 11) is 0. The normalized spacial score (nSPS) is 17.6. The van der Waals surface area contributed by atoms with Crippen LogP contribution in [0.1, 0.15) is 29.5 Å².